The van der Waals surface area contributed by atoms with Gasteiger partial charge in [0.05, 0.1) is 6.26 Å². The van der Waals surface area contributed by atoms with E-state index in [1.54, 1.807) is 29.2 Å². The fourth-order valence-corrected chi connectivity index (χ4v) is 3.40. The largest absolute Gasteiger partial charge is 0.352 e. The molecule has 1 aromatic rings. The number of carbonyl (C=O) groups is 2. The highest BCUT2D eigenvalue weighted by atomic mass is 32.2. The van der Waals surface area contributed by atoms with Crippen LogP contribution in [-0.2, 0) is 14.8 Å². The average Bonchev–Trinajstić information content (AvgIpc) is 2.60. The molecule has 138 valence electrons. The van der Waals surface area contributed by atoms with Gasteiger partial charge in [-0.25, -0.2) is 13.1 Å². The number of carbonyl (C=O) groups excluding carboxylic acids is 2. The number of benzene rings is 1. The first kappa shape index (κ1) is 19.4. The van der Waals surface area contributed by atoms with E-state index in [0.717, 1.165) is 25.5 Å². The molecule has 1 atom stereocenters. The number of nitrogens with zero attached hydrogens (tertiary/aromatic N) is 1. The topological polar surface area (TPSA) is 95.6 Å². The van der Waals surface area contributed by atoms with Gasteiger partial charge < -0.3 is 10.2 Å². The van der Waals surface area contributed by atoms with E-state index in [9.17, 15) is 18.0 Å². The monoisotopic (exact) mass is 367 g/mol. The summed E-state index contributed by atoms with van der Waals surface area (Å²) in [5.74, 6) is -0.268. The molecule has 1 aliphatic heterocycles. The Balaban J connectivity index is 1.82. The van der Waals surface area contributed by atoms with Gasteiger partial charge in [-0.3, -0.25) is 9.59 Å². The van der Waals surface area contributed by atoms with Crippen LogP contribution in [0.25, 0.3) is 0 Å². The number of hydrogen-bond donors (Lipinski definition) is 2. The second-order valence-electron chi connectivity index (χ2n) is 6.23. The van der Waals surface area contributed by atoms with Gasteiger partial charge in [0.2, 0.25) is 15.9 Å². The highest BCUT2D eigenvalue weighted by molar-refractivity contribution is 7.88. The molecule has 1 aromatic carbocycles. The van der Waals surface area contributed by atoms with Gasteiger partial charge >= 0.3 is 0 Å². The van der Waals surface area contributed by atoms with Crippen molar-refractivity contribution in [3.8, 4) is 0 Å². The first-order valence-electron chi connectivity index (χ1n) is 8.44. The van der Waals surface area contributed by atoms with Crippen molar-refractivity contribution >= 4 is 21.8 Å². The van der Waals surface area contributed by atoms with Crippen LogP contribution in [0.5, 0.6) is 0 Å². The van der Waals surface area contributed by atoms with E-state index >= 15 is 0 Å². The molecule has 0 saturated carbocycles. The summed E-state index contributed by atoms with van der Waals surface area (Å²) >= 11 is 0. The zero-order chi connectivity index (χ0) is 18.3. The summed E-state index contributed by atoms with van der Waals surface area (Å²) in [6, 6.07) is 8.71. The van der Waals surface area contributed by atoms with Crippen molar-refractivity contribution < 1.29 is 18.0 Å². The number of rotatable bonds is 7. The molecule has 0 aliphatic carbocycles. The summed E-state index contributed by atoms with van der Waals surface area (Å²) in [6.45, 7) is 1.12. The van der Waals surface area contributed by atoms with E-state index in [1.807, 2.05) is 6.07 Å². The van der Waals surface area contributed by atoms with Crippen molar-refractivity contribution in [2.75, 3.05) is 25.9 Å². The SMILES string of the molecule is CS(=O)(=O)NCC1CCCCN1C(=O)CCNC(=O)c1ccccc1. The Hall–Kier alpha value is -1.93. The van der Waals surface area contributed by atoms with Crippen LogP contribution >= 0.6 is 0 Å². The van der Waals surface area contributed by atoms with E-state index in [1.165, 1.54) is 0 Å². The van der Waals surface area contributed by atoms with E-state index in [2.05, 4.69) is 10.0 Å². The third kappa shape index (κ3) is 6.47. The third-order valence-electron chi connectivity index (χ3n) is 4.19. The molecule has 1 unspecified atom stereocenters. The summed E-state index contributed by atoms with van der Waals surface area (Å²) in [7, 11) is -3.28. The Bertz CT molecular complexity index is 691. The first-order valence-corrected chi connectivity index (χ1v) is 10.3. The van der Waals surface area contributed by atoms with Crippen LogP contribution in [0.4, 0.5) is 0 Å². The maximum absolute atomic E-state index is 12.4. The second-order valence-corrected chi connectivity index (χ2v) is 8.06. The van der Waals surface area contributed by atoms with Crippen molar-refractivity contribution in [3.63, 3.8) is 0 Å². The van der Waals surface area contributed by atoms with Gasteiger partial charge in [0.1, 0.15) is 0 Å². The summed E-state index contributed by atoms with van der Waals surface area (Å²) in [5, 5.41) is 2.74. The number of hydrogen-bond acceptors (Lipinski definition) is 4. The van der Waals surface area contributed by atoms with Crippen molar-refractivity contribution in [2.24, 2.45) is 0 Å². The minimum Gasteiger partial charge on any atom is -0.352 e. The van der Waals surface area contributed by atoms with Crippen molar-refractivity contribution in [2.45, 2.75) is 31.7 Å². The highest BCUT2D eigenvalue weighted by Crippen LogP contribution is 2.17. The number of piperidine rings is 1. The number of amides is 2. The van der Waals surface area contributed by atoms with Crippen molar-refractivity contribution in [1.29, 1.82) is 0 Å². The normalized spacial score (nSPS) is 18.0. The van der Waals surface area contributed by atoms with E-state index in [4.69, 9.17) is 0 Å². The molecule has 0 spiro atoms. The number of sulfonamides is 1. The molecule has 2 amide bonds. The molecule has 7 nitrogen and oxygen atoms in total. The lowest BCUT2D eigenvalue weighted by Crippen LogP contribution is -2.49. The summed E-state index contributed by atoms with van der Waals surface area (Å²) < 4.78 is 25.0. The summed E-state index contributed by atoms with van der Waals surface area (Å²) in [4.78, 5) is 26.1. The molecule has 2 N–H and O–H groups in total. The summed E-state index contributed by atoms with van der Waals surface area (Å²) in [5.41, 5.74) is 0.558. The van der Waals surface area contributed by atoms with Gasteiger partial charge in [-0.1, -0.05) is 18.2 Å². The van der Waals surface area contributed by atoms with Gasteiger partial charge in [-0.15, -0.1) is 0 Å². The average molecular weight is 367 g/mol. The van der Waals surface area contributed by atoms with E-state index in [0.29, 0.717) is 12.1 Å². The highest BCUT2D eigenvalue weighted by Gasteiger charge is 2.26. The van der Waals surface area contributed by atoms with E-state index < -0.39 is 10.0 Å². The molecule has 1 aliphatic rings. The quantitative estimate of drug-likeness (QED) is 0.743. The third-order valence-corrected chi connectivity index (χ3v) is 4.88. The fourth-order valence-electron chi connectivity index (χ4n) is 2.91. The molecule has 2 rings (SSSR count). The first-order chi connectivity index (χ1) is 11.9. The van der Waals surface area contributed by atoms with Gasteiger partial charge in [0, 0.05) is 37.7 Å². The lowest BCUT2D eigenvalue weighted by atomic mass is 10.0. The minimum absolute atomic E-state index is 0.0617. The van der Waals surface area contributed by atoms with Crippen LogP contribution in [-0.4, -0.2) is 57.1 Å². The molecule has 0 bridgehead atoms. The van der Waals surface area contributed by atoms with Gasteiger partial charge in [0.25, 0.3) is 5.91 Å². The molecule has 25 heavy (non-hydrogen) atoms. The molecular formula is C17H25N3O4S. The fraction of sp³-hybridized carbons (Fsp3) is 0.529. The van der Waals surface area contributed by atoms with Gasteiger partial charge in [0.15, 0.2) is 0 Å². The maximum atomic E-state index is 12.4. The zero-order valence-corrected chi connectivity index (χ0v) is 15.2. The Labute approximate surface area is 148 Å². The predicted octanol–water partition coefficient (Wildman–Crippen LogP) is 0.737. The standard InChI is InChI=1S/C17H25N3O4S/c1-25(23,24)19-13-15-9-5-6-12-20(15)16(21)10-11-18-17(22)14-7-3-2-4-8-14/h2-4,7-8,15,19H,5-6,9-13H2,1H3,(H,18,22). The summed E-state index contributed by atoms with van der Waals surface area (Å²) in [6.07, 6.45) is 3.99. The van der Waals surface area contributed by atoms with Crippen LogP contribution in [0, 0.1) is 0 Å². The zero-order valence-electron chi connectivity index (χ0n) is 14.4. The lowest BCUT2D eigenvalue weighted by molar-refractivity contribution is -0.134. The van der Waals surface area contributed by atoms with Crippen LogP contribution < -0.4 is 10.0 Å². The molecule has 1 heterocycles. The van der Waals surface area contributed by atoms with Crippen LogP contribution in [0.3, 0.4) is 0 Å². The van der Waals surface area contributed by atoms with Crippen LogP contribution in [0.2, 0.25) is 0 Å². The van der Waals surface area contributed by atoms with Crippen LogP contribution in [0.1, 0.15) is 36.0 Å². The molecule has 0 radical (unpaired) electrons. The van der Waals surface area contributed by atoms with E-state index in [-0.39, 0.29) is 37.4 Å². The minimum atomic E-state index is -3.28. The Kier molecular flexibility index (Phi) is 6.95. The van der Waals surface area contributed by atoms with Gasteiger partial charge in [-0.05, 0) is 31.4 Å². The maximum Gasteiger partial charge on any atom is 0.251 e. The smallest absolute Gasteiger partial charge is 0.251 e. The second kappa shape index (κ2) is 8.96. The lowest BCUT2D eigenvalue weighted by Gasteiger charge is -2.36. The van der Waals surface area contributed by atoms with Crippen molar-refractivity contribution in [1.82, 2.24) is 14.9 Å². The Morgan fingerprint density at radius 1 is 1.20 bits per heavy atom. The van der Waals surface area contributed by atoms with Gasteiger partial charge in [-0.2, -0.15) is 0 Å². The molecule has 8 heteroatoms. The number of nitrogens with one attached hydrogen (secondary N) is 2. The molecule has 0 aromatic heterocycles. The number of likely N-dealkylation sites (tertiary alicyclic amines) is 1. The Morgan fingerprint density at radius 2 is 1.92 bits per heavy atom. The van der Waals surface area contributed by atoms with Crippen LogP contribution in [0.15, 0.2) is 30.3 Å². The molecule has 1 saturated heterocycles. The molecule has 1 fully saturated rings. The Morgan fingerprint density at radius 3 is 2.60 bits per heavy atom. The predicted molar refractivity (Wildman–Crippen MR) is 95.6 cm³/mol. The van der Waals surface area contributed by atoms with Crippen molar-refractivity contribution in [3.05, 3.63) is 35.9 Å². The molecular weight excluding hydrogens is 342 g/mol.